The van der Waals surface area contributed by atoms with Gasteiger partial charge in [0.2, 0.25) is 0 Å². The van der Waals surface area contributed by atoms with Crippen LogP contribution in [0.5, 0.6) is 17.2 Å². The van der Waals surface area contributed by atoms with E-state index in [0.29, 0.717) is 5.75 Å². The lowest BCUT2D eigenvalue weighted by atomic mass is 10.1. The Morgan fingerprint density at radius 1 is 0.760 bits per heavy atom. The number of rotatable bonds is 2. The average molecular weight is 403 g/mol. The summed E-state index contributed by atoms with van der Waals surface area (Å²) in [6.07, 6.45) is 0. The topological polar surface area (TPSA) is 98.0 Å². The lowest BCUT2D eigenvalue weighted by Gasteiger charge is -2.02. The molecule has 0 aliphatic rings. The summed E-state index contributed by atoms with van der Waals surface area (Å²) in [5, 5.41) is 36.2. The van der Waals surface area contributed by atoms with Crippen LogP contribution in [0.2, 0.25) is 0 Å². The maximum absolute atomic E-state index is 10.4. The smallest absolute Gasteiger partial charge is 0.335 e. The molecule has 0 saturated heterocycles. The van der Waals surface area contributed by atoms with Crippen LogP contribution in [0.15, 0.2) is 71.2 Å². The van der Waals surface area contributed by atoms with Crippen LogP contribution in [0.25, 0.3) is 11.1 Å². The number of benzene rings is 3. The molecule has 0 heterocycles. The first-order chi connectivity index (χ1) is 11.9. The molecule has 0 fully saturated rings. The zero-order chi connectivity index (χ0) is 18.4. The van der Waals surface area contributed by atoms with Crippen molar-refractivity contribution >= 4 is 21.9 Å². The Balaban J connectivity index is 0.000000181. The molecule has 0 saturated carbocycles. The number of aromatic carboxylic acids is 1. The largest absolute Gasteiger partial charge is 0.507 e. The standard InChI is InChI=1S/C12H10O.C7H5BrO4/c13-12-9-5-4-8-11(12)10-6-2-1-3-7-10;8-6-4(9)1-3(7(11)12)2-5(6)10/h1-9,13H;1-2,9-10H,(H,11,12). The van der Waals surface area contributed by atoms with E-state index in [0.717, 1.165) is 23.3 Å². The number of carboxylic acids is 1. The molecule has 0 bridgehead atoms. The summed E-state index contributed by atoms with van der Waals surface area (Å²) in [7, 11) is 0. The maximum atomic E-state index is 10.4. The molecule has 0 unspecified atom stereocenters. The quantitative estimate of drug-likeness (QED) is 0.501. The van der Waals surface area contributed by atoms with Gasteiger partial charge in [-0.3, -0.25) is 0 Å². The summed E-state index contributed by atoms with van der Waals surface area (Å²) in [5.41, 5.74) is 1.76. The number of halogens is 1. The monoisotopic (exact) mass is 402 g/mol. The van der Waals surface area contributed by atoms with E-state index in [1.165, 1.54) is 0 Å². The summed E-state index contributed by atoms with van der Waals surface area (Å²) in [6.45, 7) is 0. The van der Waals surface area contributed by atoms with Gasteiger partial charge in [0, 0.05) is 5.56 Å². The molecule has 0 spiro atoms. The van der Waals surface area contributed by atoms with E-state index in [2.05, 4.69) is 15.9 Å². The third-order valence-electron chi connectivity index (χ3n) is 3.27. The van der Waals surface area contributed by atoms with Gasteiger partial charge in [-0.05, 0) is 39.7 Å². The molecule has 25 heavy (non-hydrogen) atoms. The van der Waals surface area contributed by atoms with Gasteiger partial charge in [0.25, 0.3) is 0 Å². The normalized spacial score (nSPS) is 9.80. The molecule has 0 atom stereocenters. The number of hydrogen-bond donors (Lipinski definition) is 4. The van der Waals surface area contributed by atoms with Gasteiger partial charge in [0.15, 0.2) is 0 Å². The Morgan fingerprint density at radius 2 is 1.28 bits per heavy atom. The molecule has 3 rings (SSSR count). The number of carbonyl (C=O) groups is 1. The predicted molar refractivity (Wildman–Crippen MR) is 98.0 cm³/mol. The Bertz CT molecular complexity index is 855. The summed E-state index contributed by atoms with van der Waals surface area (Å²) >= 11 is 2.87. The Kier molecular flexibility index (Phi) is 6.03. The Labute approximate surface area is 152 Å². The van der Waals surface area contributed by atoms with Gasteiger partial charge in [0.1, 0.15) is 21.7 Å². The van der Waals surface area contributed by atoms with Gasteiger partial charge in [0.05, 0.1) is 5.56 Å². The summed E-state index contributed by atoms with van der Waals surface area (Å²) < 4.78 is 0.0903. The van der Waals surface area contributed by atoms with Crippen molar-refractivity contribution in [1.82, 2.24) is 0 Å². The van der Waals surface area contributed by atoms with E-state index >= 15 is 0 Å². The minimum atomic E-state index is -1.20. The van der Waals surface area contributed by atoms with Gasteiger partial charge in [-0.25, -0.2) is 4.79 Å². The SMILES string of the molecule is O=C(O)c1cc(O)c(Br)c(O)c1.Oc1ccccc1-c1ccccc1. The summed E-state index contributed by atoms with van der Waals surface area (Å²) in [5.74, 6) is -1.47. The second-order valence-corrected chi connectivity index (χ2v) is 5.81. The van der Waals surface area contributed by atoms with E-state index in [-0.39, 0.29) is 21.5 Å². The van der Waals surface area contributed by atoms with Crippen LogP contribution in [-0.4, -0.2) is 26.4 Å². The summed E-state index contributed by atoms with van der Waals surface area (Å²) in [4.78, 5) is 10.4. The first kappa shape index (κ1) is 18.4. The minimum absolute atomic E-state index is 0.0903. The second-order valence-electron chi connectivity index (χ2n) is 5.02. The van der Waals surface area contributed by atoms with Gasteiger partial charge >= 0.3 is 5.97 Å². The van der Waals surface area contributed by atoms with Gasteiger partial charge in [-0.2, -0.15) is 0 Å². The average Bonchev–Trinajstić information content (AvgIpc) is 2.61. The van der Waals surface area contributed by atoms with Crippen molar-refractivity contribution in [3.8, 4) is 28.4 Å². The second kappa shape index (κ2) is 8.21. The minimum Gasteiger partial charge on any atom is -0.507 e. The lowest BCUT2D eigenvalue weighted by Crippen LogP contribution is -1.95. The van der Waals surface area contributed by atoms with Crippen molar-refractivity contribution < 1.29 is 25.2 Å². The Morgan fingerprint density at radius 3 is 1.80 bits per heavy atom. The van der Waals surface area contributed by atoms with Crippen LogP contribution in [0, 0.1) is 0 Å². The number of phenolic OH excluding ortho intramolecular Hbond substituents is 3. The Hall–Kier alpha value is -2.99. The molecule has 128 valence electrons. The fourth-order valence-electron chi connectivity index (χ4n) is 2.05. The molecule has 0 aliphatic carbocycles. The molecule has 5 nitrogen and oxygen atoms in total. The molecule has 0 aromatic heterocycles. The highest BCUT2D eigenvalue weighted by Gasteiger charge is 2.10. The van der Waals surface area contributed by atoms with Crippen LogP contribution in [0.1, 0.15) is 10.4 Å². The molecule has 4 N–H and O–H groups in total. The molecule has 0 aliphatic heterocycles. The van der Waals surface area contributed by atoms with Crippen LogP contribution < -0.4 is 0 Å². The zero-order valence-electron chi connectivity index (χ0n) is 12.9. The molecule has 0 radical (unpaired) electrons. The third kappa shape index (κ3) is 4.74. The highest BCUT2D eigenvalue weighted by molar-refractivity contribution is 9.10. The number of hydrogen-bond acceptors (Lipinski definition) is 4. The van der Waals surface area contributed by atoms with Crippen molar-refractivity contribution in [2.45, 2.75) is 0 Å². The van der Waals surface area contributed by atoms with E-state index in [1.807, 2.05) is 48.5 Å². The van der Waals surface area contributed by atoms with Gasteiger partial charge < -0.3 is 20.4 Å². The highest BCUT2D eigenvalue weighted by Crippen LogP contribution is 2.33. The lowest BCUT2D eigenvalue weighted by molar-refractivity contribution is 0.0696. The fraction of sp³-hybridized carbons (Fsp3) is 0. The first-order valence-corrected chi connectivity index (χ1v) is 7.97. The van der Waals surface area contributed by atoms with Gasteiger partial charge in [-0.1, -0.05) is 48.5 Å². The van der Waals surface area contributed by atoms with Crippen molar-refractivity contribution in [1.29, 1.82) is 0 Å². The summed E-state index contributed by atoms with van der Waals surface area (Å²) in [6, 6.07) is 19.3. The molecule has 3 aromatic rings. The number of phenols is 3. The molecule has 6 heteroatoms. The first-order valence-electron chi connectivity index (χ1n) is 7.18. The third-order valence-corrected chi connectivity index (χ3v) is 4.08. The zero-order valence-corrected chi connectivity index (χ0v) is 14.5. The van der Waals surface area contributed by atoms with Crippen LogP contribution in [-0.2, 0) is 0 Å². The van der Waals surface area contributed by atoms with Gasteiger partial charge in [-0.15, -0.1) is 0 Å². The van der Waals surface area contributed by atoms with E-state index in [9.17, 15) is 9.90 Å². The van der Waals surface area contributed by atoms with Crippen molar-refractivity contribution in [3.05, 3.63) is 76.8 Å². The van der Waals surface area contributed by atoms with Crippen LogP contribution in [0.4, 0.5) is 0 Å². The highest BCUT2D eigenvalue weighted by atomic mass is 79.9. The number of para-hydroxylation sites is 1. The predicted octanol–water partition coefficient (Wildman–Crippen LogP) is 4.62. The van der Waals surface area contributed by atoms with Crippen LogP contribution in [0.3, 0.4) is 0 Å². The number of carboxylic acid groups (broad SMARTS) is 1. The number of aromatic hydroxyl groups is 3. The maximum Gasteiger partial charge on any atom is 0.335 e. The molecular formula is C19H15BrO5. The van der Waals surface area contributed by atoms with Crippen molar-refractivity contribution in [2.75, 3.05) is 0 Å². The molecule has 3 aromatic carbocycles. The molecular weight excluding hydrogens is 388 g/mol. The van der Waals surface area contributed by atoms with E-state index in [4.69, 9.17) is 15.3 Å². The van der Waals surface area contributed by atoms with Crippen molar-refractivity contribution in [2.24, 2.45) is 0 Å². The van der Waals surface area contributed by atoms with E-state index < -0.39 is 5.97 Å². The van der Waals surface area contributed by atoms with Crippen LogP contribution >= 0.6 is 15.9 Å². The molecule has 0 amide bonds. The fourth-order valence-corrected chi connectivity index (χ4v) is 2.28. The van der Waals surface area contributed by atoms with E-state index in [1.54, 1.807) is 6.07 Å². The van der Waals surface area contributed by atoms with Crippen molar-refractivity contribution in [3.63, 3.8) is 0 Å².